The summed E-state index contributed by atoms with van der Waals surface area (Å²) in [5.41, 5.74) is 8.19. The molecule has 330 valence electrons. The summed E-state index contributed by atoms with van der Waals surface area (Å²) in [7, 11) is 0. The average Bonchev–Trinajstić information content (AvgIpc) is 3.82. The molecular formula is C68H42N2O. The van der Waals surface area contributed by atoms with Gasteiger partial charge in [0.1, 0.15) is 11.2 Å². The fourth-order valence-corrected chi connectivity index (χ4v) is 11.5. The highest BCUT2D eigenvalue weighted by atomic mass is 16.3. The third-order valence-electron chi connectivity index (χ3n) is 14.9. The summed E-state index contributed by atoms with van der Waals surface area (Å²) in [4.78, 5) is 4.79. The molecule has 0 bridgehead atoms. The minimum Gasteiger partial charge on any atom is -0.455 e. The first-order valence-corrected chi connectivity index (χ1v) is 24.4. The van der Waals surface area contributed by atoms with Crippen LogP contribution >= 0.6 is 0 Å². The molecule has 0 saturated heterocycles. The lowest BCUT2D eigenvalue weighted by atomic mass is 9.96. The predicted octanol–water partition coefficient (Wildman–Crippen LogP) is 19.8. The number of nitrogens with zero attached hydrogens (tertiary/aromatic N) is 2. The number of rotatable bonds is 6. The number of hydrogen-bond acceptors (Lipinski definition) is 3. The van der Waals surface area contributed by atoms with E-state index in [9.17, 15) is 0 Å². The molecule has 3 nitrogen and oxygen atoms in total. The summed E-state index contributed by atoms with van der Waals surface area (Å²) in [6.45, 7) is 0. The zero-order valence-corrected chi connectivity index (χ0v) is 38.6. The topological polar surface area (TPSA) is 19.6 Å². The van der Waals surface area contributed by atoms with Crippen LogP contribution in [0.2, 0.25) is 0 Å². The van der Waals surface area contributed by atoms with Crippen molar-refractivity contribution < 1.29 is 4.42 Å². The van der Waals surface area contributed by atoms with Crippen molar-refractivity contribution in [1.82, 2.24) is 0 Å². The minimum absolute atomic E-state index is 0.845. The monoisotopic (exact) mass is 902 g/mol. The van der Waals surface area contributed by atoms with Crippen LogP contribution in [-0.2, 0) is 0 Å². The molecule has 0 amide bonds. The molecule has 0 fully saturated rings. The van der Waals surface area contributed by atoms with Crippen LogP contribution in [0.4, 0.5) is 34.1 Å². The quantitative estimate of drug-likeness (QED) is 0.155. The molecule has 15 aromatic rings. The smallest absolute Gasteiger partial charge is 0.143 e. The van der Waals surface area contributed by atoms with Gasteiger partial charge in [0.2, 0.25) is 0 Å². The predicted molar refractivity (Wildman–Crippen MR) is 303 cm³/mol. The molecule has 1 aromatic heterocycles. The zero-order valence-electron chi connectivity index (χ0n) is 38.6. The van der Waals surface area contributed by atoms with Crippen LogP contribution in [0.15, 0.2) is 259 Å². The van der Waals surface area contributed by atoms with E-state index in [2.05, 4.69) is 265 Å². The van der Waals surface area contributed by atoms with Gasteiger partial charge in [-0.3, -0.25) is 0 Å². The van der Waals surface area contributed by atoms with E-state index in [4.69, 9.17) is 4.42 Å². The first-order chi connectivity index (χ1) is 35.2. The zero-order chi connectivity index (χ0) is 46.6. The summed E-state index contributed by atoms with van der Waals surface area (Å²) < 4.78 is 7.20. The molecule has 0 N–H and O–H groups in total. The number of anilines is 6. The number of hydrogen-bond donors (Lipinski definition) is 0. The van der Waals surface area contributed by atoms with Gasteiger partial charge < -0.3 is 14.2 Å². The largest absolute Gasteiger partial charge is 0.455 e. The summed E-state index contributed by atoms with van der Waals surface area (Å²) in [5.74, 6) is 0. The second-order valence-corrected chi connectivity index (χ2v) is 18.9. The lowest BCUT2D eigenvalue weighted by Gasteiger charge is -2.27. The van der Waals surface area contributed by atoms with Gasteiger partial charge in [-0.25, -0.2) is 0 Å². The Labute approximate surface area is 409 Å². The van der Waals surface area contributed by atoms with E-state index in [0.29, 0.717) is 0 Å². The van der Waals surface area contributed by atoms with Gasteiger partial charge in [0.05, 0.1) is 0 Å². The fourth-order valence-electron chi connectivity index (χ4n) is 11.5. The van der Waals surface area contributed by atoms with Gasteiger partial charge in [0.25, 0.3) is 0 Å². The molecule has 0 unspecified atom stereocenters. The summed E-state index contributed by atoms with van der Waals surface area (Å²) in [5, 5.41) is 21.5. The van der Waals surface area contributed by atoms with Gasteiger partial charge in [-0.15, -0.1) is 0 Å². The maximum Gasteiger partial charge on any atom is 0.143 e. The Bertz CT molecular complexity index is 4680. The van der Waals surface area contributed by atoms with Crippen LogP contribution in [0.1, 0.15) is 0 Å². The highest BCUT2D eigenvalue weighted by molar-refractivity contribution is 6.31. The molecule has 0 saturated carbocycles. The highest BCUT2D eigenvalue weighted by Gasteiger charge is 2.22. The summed E-state index contributed by atoms with van der Waals surface area (Å²) >= 11 is 0. The standard InChI is InChI=1S/C68H42N2O/c1-3-15-49-37-51(29-25-43(49)11-1)69(53-31-27-47-23-21-45-13-5-7-17-57(45)63(47)39-53)55-33-35-61-65(41-55)59-19-9-10-20-60(59)67-62-36-34-56(42-66(62)71-68(61)67)70(52-30-26-44-12-2-4-16-50(44)38-52)54-32-28-48-24-22-46-14-6-8-18-58(46)64(48)40-54/h1-42H. The maximum atomic E-state index is 7.20. The number of fused-ring (bicyclic) bond motifs is 16. The van der Waals surface area contributed by atoms with E-state index in [0.717, 1.165) is 66.8 Å². The van der Waals surface area contributed by atoms with Crippen molar-refractivity contribution in [3.63, 3.8) is 0 Å². The average molecular weight is 903 g/mol. The molecule has 0 spiro atoms. The van der Waals surface area contributed by atoms with Crippen molar-refractivity contribution in [3.05, 3.63) is 255 Å². The van der Waals surface area contributed by atoms with Gasteiger partial charge in [0, 0.05) is 56.3 Å². The van der Waals surface area contributed by atoms with Crippen LogP contribution in [0.5, 0.6) is 0 Å². The van der Waals surface area contributed by atoms with Crippen LogP contribution in [0.3, 0.4) is 0 Å². The number of benzene rings is 14. The van der Waals surface area contributed by atoms with Gasteiger partial charge in [-0.1, -0.05) is 170 Å². The van der Waals surface area contributed by atoms with Gasteiger partial charge in [-0.2, -0.15) is 0 Å². The molecule has 3 heteroatoms. The third kappa shape index (κ3) is 6.30. The molecule has 15 rings (SSSR count). The second kappa shape index (κ2) is 15.5. The lowest BCUT2D eigenvalue weighted by Crippen LogP contribution is -2.10. The Morgan fingerprint density at radius 3 is 1.10 bits per heavy atom. The maximum absolute atomic E-state index is 7.20. The van der Waals surface area contributed by atoms with Crippen molar-refractivity contribution in [3.8, 4) is 0 Å². The lowest BCUT2D eigenvalue weighted by molar-refractivity contribution is 0.673. The Balaban J connectivity index is 0.933. The first-order valence-electron chi connectivity index (χ1n) is 24.4. The van der Waals surface area contributed by atoms with E-state index < -0.39 is 0 Å². The van der Waals surface area contributed by atoms with E-state index >= 15 is 0 Å². The number of furan rings is 1. The van der Waals surface area contributed by atoms with E-state index in [-0.39, 0.29) is 0 Å². The third-order valence-corrected chi connectivity index (χ3v) is 14.9. The van der Waals surface area contributed by atoms with E-state index in [1.54, 1.807) is 0 Å². The molecule has 0 aliphatic heterocycles. The van der Waals surface area contributed by atoms with Crippen molar-refractivity contribution in [2.45, 2.75) is 0 Å². The van der Waals surface area contributed by atoms with Gasteiger partial charge >= 0.3 is 0 Å². The Morgan fingerprint density at radius 2 is 0.563 bits per heavy atom. The van der Waals surface area contributed by atoms with Crippen molar-refractivity contribution in [2.24, 2.45) is 0 Å². The summed E-state index contributed by atoms with van der Waals surface area (Å²) in [6.07, 6.45) is 0. The highest BCUT2D eigenvalue weighted by Crippen LogP contribution is 2.47. The van der Waals surface area contributed by atoms with Crippen LogP contribution in [0.25, 0.3) is 108 Å². The second-order valence-electron chi connectivity index (χ2n) is 18.9. The molecule has 0 atom stereocenters. The van der Waals surface area contributed by atoms with E-state index in [1.807, 2.05) is 0 Å². The molecule has 1 heterocycles. The van der Waals surface area contributed by atoms with Crippen molar-refractivity contribution in [1.29, 1.82) is 0 Å². The Morgan fingerprint density at radius 1 is 0.211 bits per heavy atom. The summed E-state index contributed by atoms with van der Waals surface area (Å²) in [6, 6.07) is 93.2. The SMILES string of the molecule is c1ccc2cc(N(c3ccc4c(c3)oc3c5ccc(N(c6ccc7ccccc7c6)c6ccc7ccc8ccccc8c7c6)cc5c5ccccc5c43)c3ccc4ccc5ccccc5c4c3)ccc2c1. The van der Waals surface area contributed by atoms with Crippen LogP contribution in [0, 0.1) is 0 Å². The Hall–Kier alpha value is -9.44. The molecule has 14 aromatic carbocycles. The Kier molecular flexibility index (Phi) is 8.66. The van der Waals surface area contributed by atoms with Crippen LogP contribution < -0.4 is 9.80 Å². The van der Waals surface area contributed by atoms with Gasteiger partial charge in [-0.05, 0) is 160 Å². The van der Waals surface area contributed by atoms with Crippen molar-refractivity contribution in [2.75, 3.05) is 9.80 Å². The molecule has 71 heavy (non-hydrogen) atoms. The fraction of sp³-hybridized carbons (Fsp3) is 0. The minimum atomic E-state index is 0.845. The molecule has 0 radical (unpaired) electrons. The molecular weight excluding hydrogens is 861 g/mol. The van der Waals surface area contributed by atoms with Crippen molar-refractivity contribution >= 4 is 142 Å². The normalized spacial score (nSPS) is 11.9. The van der Waals surface area contributed by atoms with E-state index in [1.165, 1.54) is 75.4 Å². The molecule has 0 aliphatic carbocycles. The first kappa shape index (κ1) is 39.5. The van der Waals surface area contributed by atoms with Crippen LogP contribution in [-0.4, -0.2) is 0 Å². The van der Waals surface area contributed by atoms with Gasteiger partial charge in [0.15, 0.2) is 0 Å². The molecule has 0 aliphatic rings.